The Morgan fingerprint density at radius 3 is 1.88 bits per heavy atom. The second-order valence-electron chi connectivity index (χ2n) is 3.07. The maximum Gasteiger partial charge on any atom is 0.371 e. The minimum Gasteiger partial charge on any atom is -0.463 e. The van der Waals surface area contributed by atoms with Gasteiger partial charge in [-0.15, -0.1) is 0 Å². The molecule has 0 radical (unpaired) electrons. The highest BCUT2D eigenvalue weighted by molar-refractivity contribution is 6.20. The highest BCUT2D eigenvalue weighted by atomic mass is 16.5. The molecule has 0 amide bonds. The molecule has 0 unspecified atom stereocenters. The summed E-state index contributed by atoms with van der Waals surface area (Å²) >= 11 is 0. The van der Waals surface area contributed by atoms with Crippen molar-refractivity contribution in [1.29, 1.82) is 0 Å². The predicted molar refractivity (Wildman–Crippen MR) is 56.6 cm³/mol. The molecular formula is C11H16O5. The van der Waals surface area contributed by atoms with Crippen LogP contribution in [0.5, 0.6) is 0 Å². The van der Waals surface area contributed by atoms with Gasteiger partial charge in [0.25, 0.3) is 0 Å². The molecule has 0 saturated carbocycles. The lowest BCUT2D eigenvalue weighted by atomic mass is 10.2. The van der Waals surface area contributed by atoms with Gasteiger partial charge in [-0.1, -0.05) is 6.58 Å². The topological polar surface area (TPSA) is 69.7 Å². The van der Waals surface area contributed by atoms with E-state index in [-0.39, 0.29) is 12.9 Å². The normalized spacial score (nSPS) is 9.25. The van der Waals surface area contributed by atoms with Gasteiger partial charge in [-0.25, -0.2) is 9.59 Å². The van der Waals surface area contributed by atoms with Crippen molar-refractivity contribution in [2.24, 2.45) is 0 Å². The fourth-order valence-electron chi connectivity index (χ4n) is 0.996. The molecule has 5 nitrogen and oxygen atoms in total. The van der Waals surface area contributed by atoms with E-state index in [4.69, 9.17) is 4.74 Å². The molecule has 0 heterocycles. The van der Waals surface area contributed by atoms with E-state index in [0.717, 1.165) is 25.3 Å². The lowest BCUT2D eigenvalue weighted by molar-refractivity contribution is -0.148. The summed E-state index contributed by atoms with van der Waals surface area (Å²) in [5.74, 6) is -1.25. The van der Waals surface area contributed by atoms with E-state index in [0.29, 0.717) is 13.0 Å². The number of hydrogen-bond acceptors (Lipinski definition) is 5. The summed E-state index contributed by atoms with van der Waals surface area (Å²) in [5, 5.41) is 0. The Hall–Kier alpha value is -1.65. The second-order valence-corrected chi connectivity index (χ2v) is 3.07. The van der Waals surface area contributed by atoms with Gasteiger partial charge in [-0.2, -0.15) is 0 Å². The fourth-order valence-corrected chi connectivity index (χ4v) is 0.996. The van der Waals surface area contributed by atoms with E-state index in [1.807, 2.05) is 0 Å². The van der Waals surface area contributed by atoms with Gasteiger partial charge in [0.2, 0.25) is 6.29 Å². The molecule has 5 heteroatoms. The first-order valence-electron chi connectivity index (χ1n) is 5.12. The van der Waals surface area contributed by atoms with Crippen LogP contribution in [0.15, 0.2) is 12.7 Å². The molecule has 0 bridgehead atoms. The number of hydrogen-bond donors (Lipinski definition) is 0. The minimum absolute atomic E-state index is 0.148. The van der Waals surface area contributed by atoms with Crippen LogP contribution in [0.25, 0.3) is 0 Å². The Morgan fingerprint density at radius 2 is 1.44 bits per heavy atom. The van der Waals surface area contributed by atoms with Gasteiger partial charge in [0, 0.05) is 6.08 Å². The number of unbranched alkanes of at least 4 members (excludes halogenated alkanes) is 3. The van der Waals surface area contributed by atoms with Crippen molar-refractivity contribution < 1.29 is 23.9 Å². The average Bonchev–Trinajstić information content (AvgIpc) is 2.31. The molecule has 0 aliphatic rings. The molecule has 0 aliphatic heterocycles. The van der Waals surface area contributed by atoms with Crippen LogP contribution in [0.4, 0.5) is 0 Å². The highest BCUT2D eigenvalue weighted by Crippen LogP contribution is 2.00. The largest absolute Gasteiger partial charge is 0.463 e. The Bertz CT molecular complexity index is 221. The van der Waals surface area contributed by atoms with Crippen LogP contribution in [0.2, 0.25) is 0 Å². The van der Waals surface area contributed by atoms with Crippen LogP contribution in [0, 0.1) is 0 Å². The zero-order chi connectivity index (χ0) is 12.2. The van der Waals surface area contributed by atoms with Gasteiger partial charge in [-0.3, -0.25) is 4.79 Å². The molecule has 0 saturated heterocycles. The van der Waals surface area contributed by atoms with E-state index in [2.05, 4.69) is 11.3 Å². The molecular weight excluding hydrogens is 212 g/mol. The SMILES string of the molecule is C=CC(=O)OCCCCCCOC(=O)C=O. The van der Waals surface area contributed by atoms with Crippen LogP contribution in [-0.2, 0) is 23.9 Å². The van der Waals surface area contributed by atoms with Crippen molar-refractivity contribution in [1.82, 2.24) is 0 Å². The predicted octanol–water partition coefficient (Wildman–Crippen LogP) is 1.02. The van der Waals surface area contributed by atoms with Crippen molar-refractivity contribution in [3.8, 4) is 0 Å². The van der Waals surface area contributed by atoms with Crippen LogP contribution in [0.1, 0.15) is 25.7 Å². The third-order valence-corrected chi connectivity index (χ3v) is 1.79. The Balaban J connectivity index is 3.15. The Morgan fingerprint density at radius 1 is 0.938 bits per heavy atom. The van der Waals surface area contributed by atoms with E-state index < -0.39 is 11.9 Å². The van der Waals surface area contributed by atoms with E-state index in [1.54, 1.807) is 0 Å². The summed E-state index contributed by atoms with van der Waals surface area (Å²) in [6.45, 7) is 3.90. The molecule has 0 aromatic heterocycles. The maximum absolute atomic E-state index is 10.6. The van der Waals surface area contributed by atoms with Gasteiger partial charge < -0.3 is 9.47 Å². The van der Waals surface area contributed by atoms with Crippen molar-refractivity contribution in [3.63, 3.8) is 0 Å². The molecule has 16 heavy (non-hydrogen) atoms. The lowest BCUT2D eigenvalue weighted by Gasteiger charge is -2.02. The standard InChI is InChI=1S/C11H16O5/c1-2-10(13)15-7-5-3-4-6-8-16-11(14)9-12/h2,9H,1,3-8H2. The van der Waals surface area contributed by atoms with Gasteiger partial charge >= 0.3 is 11.9 Å². The number of ether oxygens (including phenoxy) is 2. The molecule has 0 aliphatic carbocycles. The molecule has 0 atom stereocenters. The van der Waals surface area contributed by atoms with E-state index >= 15 is 0 Å². The minimum atomic E-state index is -0.833. The zero-order valence-electron chi connectivity index (χ0n) is 9.15. The maximum atomic E-state index is 10.6. The summed E-state index contributed by atoms with van der Waals surface area (Å²) in [7, 11) is 0. The first-order valence-corrected chi connectivity index (χ1v) is 5.12. The molecule has 0 N–H and O–H groups in total. The third kappa shape index (κ3) is 8.93. The zero-order valence-corrected chi connectivity index (χ0v) is 9.15. The molecule has 0 fully saturated rings. The number of carbonyl (C=O) groups excluding carboxylic acids is 3. The van der Waals surface area contributed by atoms with Crippen LogP contribution in [0.3, 0.4) is 0 Å². The molecule has 0 aromatic rings. The quantitative estimate of drug-likeness (QED) is 0.194. The Kier molecular flexibility index (Phi) is 8.87. The van der Waals surface area contributed by atoms with Crippen LogP contribution < -0.4 is 0 Å². The summed E-state index contributed by atoms with van der Waals surface area (Å²) in [5.41, 5.74) is 0. The third-order valence-electron chi connectivity index (χ3n) is 1.79. The van der Waals surface area contributed by atoms with E-state index in [1.165, 1.54) is 0 Å². The van der Waals surface area contributed by atoms with Crippen LogP contribution in [-0.4, -0.2) is 31.4 Å². The van der Waals surface area contributed by atoms with Crippen molar-refractivity contribution in [2.75, 3.05) is 13.2 Å². The number of aldehydes is 1. The summed E-state index contributed by atoms with van der Waals surface area (Å²) < 4.78 is 9.31. The highest BCUT2D eigenvalue weighted by Gasteiger charge is 1.98. The number of esters is 2. The summed E-state index contributed by atoms with van der Waals surface area (Å²) in [4.78, 5) is 30.9. The Labute approximate surface area is 94.4 Å². The lowest BCUT2D eigenvalue weighted by Crippen LogP contribution is -2.06. The van der Waals surface area contributed by atoms with Gasteiger partial charge in [0.05, 0.1) is 13.2 Å². The van der Waals surface area contributed by atoms with Gasteiger partial charge in [0.1, 0.15) is 0 Å². The van der Waals surface area contributed by atoms with Gasteiger partial charge in [0.15, 0.2) is 0 Å². The molecule has 0 aromatic carbocycles. The monoisotopic (exact) mass is 228 g/mol. The smallest absolute Gasteiger partial charge is 0.371 e. The second kappa shape index (κ2) is 9.89. The molecule has 0 rings (SSSR count). The van der Waals surface area contributed by atoms with Crippen LogP contribution >= 0.6 is 0 Å². The number of rotatable bonds is 9. The summed E-state index contributed by atoms with van der Waals surface area (Å²) in [6, 6.07) is 0. The first kappa shape index (κ1) is 14.3. The fraction of sp³-hybridized carbons (Fsp3) is 0.545. The van der Waals surface area contributed by atoms with Crippen molar-refractivity contribution in [3.05, 3.63) is 12.7 Å². The van der Waals surface area contributed by atoms with Crippen molar-refractivity contribution in [2.45, 2.75) is 25.7 Å². The molecule has 0 spiro atoms. The summed E-state index contributed by atoms with van der Waals surface area (Å²) in [6.07, 6.45) is 4.48. The number of carbonyl (C=O) groups is 3. The molecule has 90 valence electrons. The average molecular weight is 228 g/mol. The first-order chi connectivity index (χ1) is 7.70. The van der Waals surface area contributed by atoms with Gasteiger partial charge in [-0.05, 0) is 25.7 Å². The van der Waals surface area contributed by atoms with E-state index in [9.17, 15) is 14.4 Å². The van der Waals surface area contributed by atoms with Crippen molar-refractivity contribution >= 4 is 18.2 Å².